The van der Waals surface area contributed by atoms with E-state index in [1.54, 1.807) is 0 Å². The van der Waals surface area contributed by atoms with E-state index in [9.17, 15) is 4.79 Å². The van der Waals surface area contributed by atoms with Crippen LogP contribution in [-0.2, 0) is 17.8 Å². The van der Waals surface area contributed by atoms with E-state index in [0.717, 1.165) is 26.1 Å². The molecular weight excluding hydrogens is 358 g/mol. The molecule has 0 radical (unpaired) electrons. The zero-order valence-electron chi connectivity index (χ0n) is 17.1. The fourth-order valence-corrected chi connectivity index (χ4v) is 4.91. The molecule has 2 aromatic carbocycles. The molecule has 2 aliphatic rings. The largest absolute Gasteiger partial charge is 0.361 e. The predicted molar refractivity (Wildman–Crippen MR) is 117 cm³/mol. The summed E-state index contributed by atoms with van der Waals surface area (Å²) in [5, 5.41) is 1.33. The number of carbonyl (C=O) groups excluding carboxylic acids is 1. The van der Waals surface area contributed by atoms with E-state index in [2.05, 4.69) is 70.7 Å². The van der Waals surface area contributed by atoms with E-state index in [1.165, 1.54) is 33.2 Å². The number of hydrogen-bond acceptors (Lipinski definition) is 2. The average molecular weight is 386 g/mol. The Morgan fingerprint density at radius 3 is 2.79 bits per heavy atom. The summed E-state index contributed by atoms with van der Waals surface area (Å²) in [4.78, 5) is 20.9. The number of aromatic nitrogens is 1. The van der Waals surface area contributed by atoms with Crippen molar-refractivity contribution in [2.24, 2.45) is 5.92 Å². The molecule has 4 nitrogen and oxygen atoms in total. The lowest BCUT2D eigenvalue weighted by molar-refractivity contribution is -0.133. The maximum Gasteiger partial charge on any atom is 0.230 e. The van der Waals surface area contributed by atoms with E-state index in [-0.39, 0.29) is 11.8 Å². The molecule has 2 heterocycles. The number of aromatic amines is 1. The smallest absolute Gasteiger partial charge is 0.230 e. The van der Waals surface area contributed by atoms with Gasteiger partial charge in [-0.2, -0.15) is 0 Å². The van der Waals surface area contributed by atoms with Crippen LogP contribution < -0.4 is 0 Å². The standard InChI is InChI=1S/C25H27N3O/c1-3-27(2)25(29)19-12-21-20-10-7-11-22-24(20)18(14-26-22)13-23(21)28(16-19)15-17-8-5-4-6-9-17/h4-12,14,19,23,26H,3,13,15-16H2,1-2H3/t19-,23-/m1/s1. The number of H-pyrrole nitrogens is 1. The molecule has 29 heavy (non-hydrogen) atoms. The fraction of sp³-hybridized carbons (Fsp3) is 0.320. The minimum Gasteiger partial charge on any atom is -0.361 e. The quantitative estimate of drug-likeness (QED) is 0.735. The van der Waals surface area contributed by atoms with Crippen molar-refractivity contribution in [1.29, 1.82) is 0 Å². The Bertz CT molecular complexity index is 1080. The van der Waals surface area contributed by atoms with Crippen molar-refractivity contribution in [1.82, 2.24) is 14.8 Å². The van der Waals surface area contributed by atoms with Crippen molar-refractivity contribution < 1.29 is 4.79 Å². The first kappa shape index (κ1) is 18.2. The van der Waals surface area contributed by atoms with Crippen LogP contribution in [0.2, 0.25) is 0 Å². The van der Waals surface area contributed by atoms with Crippen LogP contribution in [0.5, 0.6) is 0 Å². The van der Waals surface area contributed by atoms with Crippen LogP contribution in [0, 0.1) is 5.92 Å². The Morgan fingerprint density at radius 2 is 2.00 bits per heavy atom. The van der Waals surface area contributed by atoms with Gasteiger partial charge in [-0.25, -0.2) is 0 Å². The van der Waals surface area contributed by atoms with Gasteiger partial charge in [-0.3, -0.25) is 9.69 Å². The van der Waals surface area contributed by atoms with Crippen LogP contribution >= 0.6 is 0 Å². The number of fused-ring (bicyclic) bond motifs is 2. The predicted octanol–water partition coefficient (Wildman–Crippen LogP) is 4.09. The van der Waals surface area contributed by atoms with Crippen molar-refractivity contribution in [3.05, 3.63) is 77.5 Å². The summed E-state index contributed by atoms with van der Waals surface area (Å²) in [5.41, 5.74) is 6.45. The van der Waals surface area contributed by atoms with Crippen LogP contribution in [0.1, 0.15) is 23.6 Å². The zero-order valence-corrected chi connectivity index (χ0v) is 17.1. The molecule has 1 aromatic heterocycles. The summed E-state index contributed by atoms with van der Waals surface area (Å²) in [6.45, 7) is 4.39. The lowest BCUT2D eigenvalue weighted by atomic mass is 9.79. The number of rotatable bonds is 4. The Kier molecular flexibility index (Phi) is 4.51. The number of nitrogens with zero attached hydrogens (tertiary/aromatic N) is 2. The second-order valence-electron chi connectivity index (χ2n) is 8.26. The van der Waals surface area contributed by atoms with Crippen molar-refractivity contribution in [3.63, 3.8) is 0 Å². The van der Waals surface area contributed by atoms with Gasteiger partial charge in [-0.05, 0) is 41.7 Å². The highest BCUT2D eigenvalue weighted by molar-refractivity contribution is 5.99. The Morgan fingerprint density at radius 1 is 1.17 bits per heavy atom. The van der Waals surface area contributed by atoms with Gasteiger partial charge < -0.3 is 9.88 Å². The van der Waals surface area contributed by atoms with Crippen LogP contribution in [0.3, 0.4) is 0 Å². The van der Waals surface area contributed by atoms with Gasteiger partial charge in [0.2, 0.25) is 5.91 Å². The van der Waals surface area contributed by atoms with E-state index in [0.29, 0.717) is 6.04 Å². The summed E-state index contributed by atoms with van der Waals surface area (Å²) in [6, 6.07) is 17.4. The monoisotopic (exact) mass is 385 g/mol. The maximum absolute atomic E-state index is 13.1. The number of amides is 1. The number of benzene rings is 2. The van der Waals surface area contributed by atoms with Gasteiger partial charge in [0.1, 0.15) is 0 Å². The molecule has 1 aliphatic heterocycles. The molecule has 3 aromatic rings. The molecule has 4 heteroatoms. The molecular formula is C25H27N3O. The van der Waals surface area contributed by atoms with Crippen LogP contribution in [-0.4, -0.2) is 46.9 Å². The molecule has 1 aliphatic carbocycles. The molecule has 0 spiro atoms. The Hall–Kier alpha value is -2.85. The summed E-state index contributed by atoms with van der Waals surface area (Å²) >= 11 is 0. The van der Waals surface area contributed by atoms with Crippen LogP contribution in [0.25, 0.3) is 16.5 Å². The first-order valence-electron chi connectivity index (χ1n) is 10.5. The van der Waals surface area contributed by atoms with E-state index in [1.807, 2.05) is 18.9 Å². The van der Waals surface area contributed by atoms with Gasteiger partial charge in [0.05, 0.1) is 5.92 Å². The molecule has 0 bridgehead atoms. The third-order valence-corrected chi connectivity index (χ3v) is 6.52. The highest BCUT2D eigenvalue weighted by Crippen LogP contribution is 2.41. The van der Waals surface area contributed by atoms with E-state index >= 15 is 0 Å². The van der Waals surface area contributed by atoms with Crippen LogP contribution in [0.4, 0.5) is 0 Å². The highest BCUT2D eigenvalue weighted by atomic mass is 16.2. The van der Waals surface area contributed by atoms with Gasteiger partial charge in [-0.15, -0.1) is 0 Å². The van der Waals surface area contributed by atoms with Gasteiger partial charge in [-0.1, -0.05) is 48.5 Å². The lowest BCUT2D eigenvalue weighted by Crippen LogP contribution is -2.48. The minimum absolute atomic E-state index is 0.106. The minimum atomic E-state index is -0.106. The van der Waals surface area contributed by atoms with E-state index < -0.39 is 0 Å². The highest BCUT2D eigenvalue weighted by Gasteiger charge is 2.37. The summed E-state index contributed by atoms with van der Waals surface area (Å²) < 4.78 is 0. The van der Waals surface area contributed by atoms with Gasteiger partial charge in [0, 0.05) is 49.8 Å². The Labute approximate surface area is 171 Å². The molecule has 0 fully saturated rings. The van der Waals surface area contributed by atoms with Crippen molar-refractivity contribution in [2.45, 2.75) is 25.9 Å². The van der Waals surface area contributed by atoms with Crippen molar-refractivity contribution >= 4 is 22.4 Å². The molecule has 0 saturated carbocycles. The SMILES string of the molecule is CCN(C)C(=O)[C@@H]1C=C2c3cccc4[nH]cc(c34)C[C@H]2N(Cc2ccccc2)C1. The molecule has 1 amide bonds. The van der Waals surface area contributed by atoms with Gasteiger partial charge in [0.25, 0.3) is 0 Å². The summed E-state index contributed by atoms with van der Waals surface area (Å²) in [7, 11) is 1.90. The van der Waals surface area contributed by atoms with Crippen LogP contribution in [0.15, 0.2) is 60.8 Å². The van der Waals surface area contributed by atoms with Gasteiger partial charge >= 0.3 is 0 Å². The van der Waals surface area contributed by atoms with Crippen molar-refractivity contribution in [3.8, 4) is 0 Å². The second kappa shape index (κ2) is 7.20. The number of carbonyl (C=O) groups is 1. The molecule has 2 atom stereocenters. The lowest BCUT2D eigenvalue weighted by Gasteiger charge is -2.42. The van der Waals surface area contributed by atoms with E-state index in [4.69, 9.17) is 0 Å². The average Bonchev–Trinajstić information content (AvgIpc) is 3.18. The Balaban J connectivity index is 1.59. The summed E-state index contributed by atoms with van der Waals surface area (Å²) in [6.07, 6.45) is 5.40. The second-order valence-corrected chi connectivity index (χ2v) is 8.26. The number of nitrogens with one attached hydrogen (secondary N) is 1. The third kappa shape index (κ3) is 3.08. The zero-order chi connectivity index (χ0) is 20.0. The first-order chi connectivity index (χ1) is 14.2. The molecule has 0 saturated heterocycles. The number of hydrogen-bond donors (Lipinski definition) is 1. The normalized spacial score (nSPS) is 21.0. The molecule has 0 unspecified atom stereocenters. The molecule has 148 valence electrons. The van der Waals surface area contributed by atoms with Crippen molar-refractivity contribution in [2.75, 3.05) is 20.1 Å². The fourth-order valence-electron chi connectivity index (χ4n) is 4.91. The third-order valence-electron chi connectivity index (χ3n) is 6.52. The summed E-state index contributed by atoms with van der Waals surface area (Å²) in [5.74, 6) is 0.106. The molecule has 5 rings (SSSR count). The topological polar surface area (TPSA) is 39.3 Å². The first-order valence-corrected chi connectivity index (χ1v) is 10.5. The molecule has 1 N–H and O–H groups in total. The van der Waals surface area contributed by atoms with Gasteiger partial charge in [0.15, 0.2) is 0 Å². The maximum atomic E-state index is 13.1.